The van der Waals surface area contributed by atoms with Crippen LogP contribution in [0.2, 0.25) is 6.04 Å². The first-order valence-corrected chi connectivity index (χ1v) is 11.1. The van der Waals surface area contributed by atoms with E-state index in [-0.39, 0.29) is 0 Å². The van der Waals surface area contributed by atoms with Crippen LogP contribution in [-0.4, -0.2) is 48.3 Å². The van der Waals surface area contributed by atoms with Crippen molar-refractivity contribution < 1.29 is 13.3 Å². The zero-order valence-electron chi connectivity index (χ0n) is 16.2. The Kier molecular flexibility index (Phi) is 13.3. The highest BCUT2D eigenvalue weighted by molar-refractivity contribution is 6.60. The van der Waals surface area contributed by atoms with E-state index >= 15 is 0 Å². The third-order valence-corrected chi connectivity index (χ3v) is 5.85. The molecule has 0 aliphatic rings. The quantitative estimate of drug-likeness (QED) is 0.352. The van der Waals surface area contributed by atoms with Crippen molar-refractivity contribution in [3.05, 3.63) is 0 Å². The zero-order chi connectivity index (χ0) is 17.7. The van der Waals surface area contributed by atoms with Crippen LogP contribution in [0.1, 0.15) is 48.0 Å². The highest BCUT2D eigenvalue weighted by Crippen LogP contribution is 2.21. The van der Waals surface area contributed by atoms with Gasteiger partial charge < -0.3 is 24.3 Å². The summed E-state index contributed by atoms with van der Waals surface area (Å²) in [5, 5.41) is 3.33. The normalized spacial score (nSPS) is 12.8. The molecule has 6 heteroatoms. The largest absolute Gasteiger partial charge is 0.501 e. The SMILES string of the molecule is CC(C)CO[Si](CCCNCCN)(OCC(C)C)OCC(C)C. The van der Waals surface area contributed by atoms with Crippen molar-refractivity contribution in [2.45, 2.75) is 54.0 Å². The fraction of sp³-hybridized carbons (Fsp3) is 1.00. The molecule has 0 amide bonds. The number of nitrogens with one attached hydrogen (secondary N) is 1. The molecule has 0 aromatic heterocycles. The summed E-state index contributed by atoms with van der Waals surface area (Å²) in [5.74, 6) is 1.42. The molecular formula is C17H40N2O3Si. The Morgan fingerprint density at radius 2 is 1.22 bits per heavy atom. The molecule has 23 heavy (non-hydrogen) atoms. The Balaban J connectivity index is 4.72. The highest BCUT2D eigenvalue weighted by atomic mass is 28.4. The predicted molar refractivity (Wildman–Crippen MR) is 99.5 cm³/mol. The molecule has 0 heterocycles. The molecule has 3 N–H and O–H groups in total. The summed E-state index contributed by atoms with van der Waals surface area (Å²) in [6.07, 6.45) is 0.987. The lowest BCUT2D eigenvalue weighted by molar-refractivity contribution is 0.0364. The minimum Gasteiger partial charge on any atom is -0.373 e. The average molecular weight is 349 g/mol. The second-order valence-corrected chi connectivity index (χ2v) is 10.2. The van der Waals surface area contributed by atoms with E-state index in [1.165, 1.54) is 0 Å². The molecular weight excluding hydrogens is 308 g/mol. The Morgan fingerprint density at radius 3 is 1.57 bits per heavy atom. The zero-order valence-corrected chi connectivity index (χ0v) is 17.2. The first-order chi connectivity index (χ1) is 10.8. The fourth-order valence-corrected chi connectivity index (χ4v) is 4.93. The summed E-state index contributed by atoms with van der Waals surface area (Å²) < 4.78 is 18.7. The van der Waals surface area contributed by atoms with Gasteiger partial charge in [-0.1, -0.05) is 41.5 Å². The van der Waals surface area contributed by atoms with Crippen LogP contribution in [0.15, 0.2) is 0 Å². The van der Waals surface area contributed by atoms with Gasteiger partial charge in [-0.05, 0) is 30.7 Å². The van der Waals surface area contributed by atoms with Crippen molar-refractivity contribution in [2.75, 3.05) is 39.5 Å². The number of hydrogen-bond donors (Lipinski definition) is 2. The van der Waals surface area contributed by atoms with Gasteiger partial charge in [0.05, 0.1) is 0 Å². The number of nitrogens with two attached hydrogens (primary N) is 1. The lowest BCUT2D eigenvalue weighted by Gasteiger charge is -2.32. The van der Waals surface area contributed by atoms with Gasteiger partial charge in [0.1, 0.15) is 0 Å². The summed E-state index contributed by atoms with van der Waals surface area (Å²) in [5.41, 5.74) is 5.51. The number of hydrogen-bond acceptors (Lipinski definition) is 5. The Labute approximate surface area is 145 Å². The second-order valence-electron chi connectivity index (χ2n) is 7.44. The van der Waals surface area contributed by atoms with Crippen LogP contribution in [-0.2, 0) is 13.3 Å². The number of rotatable bonds is 15. The molecule has 0 aliphatic carbocycles. The van der Waals surface area contributed by atoms with Crippen LogP contribution in [0.3, 0.4) is 0 Å². The van der Waals surface area contributed by atoms with Gasteiger partial charge in [-0.2, -0.15) is 0 Å². The monoisotopic (exact) mass is 348 g/mol. The second kappa shape index (κ2) is 13.3. The van der Waals surface area contributed by atoms with E-state index < -0.39 is 8.80 Å². The first-order valence-electron chi connectivity index (χ1n) is 9.14. The molecule has 0 saturated heterocycles. The van der Waals surface area contributed by atoms with Crippen molar-refractivity contribution in [1.82, 2.24) is 5.32 Å². The summed E-state index contributed by atoms with van der Waals surface area (Å²) in [7, 11) is -2.62. The fourth-order valence-electron chi connectivity index (χ4n) is 1.88. The maximum Gasteiger partial charge on any atom is 0.501 e. The van der Waals surface area contributed by atoms with E-state index in [4.69, 9.17) is 19.0 Å². The van der Waals surface area contributed by atoms with Crippen LogP contribution in [0.5, 0.6) is 0 Å². The third-order valence-electron chi connectivity index (χ3n) is 3.07. The standard InChI is InChI=1S/C17H40N2O3Si/c1-15(2)12-20-23(21-13-16(3)4,22-14-17(5)6)11-7-9-19-10-8-18/h15-17,19H,7-14,18H2,1-6H3. The molecule has 0 rings (SSSR count). The molecule has 5 nitrogen and oxygen atoms in total. The molecule has 0 radical (unpaired) electrons. The van der Waals surface area contributed by atoms with Gasteiger partial charge >= 0.3 is 8.80 Å². The van der Waals surface area contributed by atoms with Crippen molar-refractivity contribution in [1.29, 1.82) is 0 Å². The highest BCUT2D eigenvalue weighted by Gasteiger charge is 2.41. The van der Waals surface area contributed by atoms with E-state index in [0.29, 0.717) is 44.1 Å². The molecule has 0 aromatic rings. The molecule has 0 saturated carbocycles. The van der Waals surface area contributed by atoms with E-state index in [9.17, 15) is 0 Å². The summed E-state index contributed by atoms with van der Waals surface area (Å²) >= 11 is 0. The molecule has 0 unspecified atom stereocenters. The van der Waals surface area contributed by atoms with Gasteiger partial charge in [-0.15, -0.1) is 0 Å². The third kappa shape index (κ3) is 13.0. The lowest BCUT2D eigenvalue weighted by Crippen LogP contribution is -2.48. The van der Waals surface area contributed by atoms with Crippen LogP contribution < -0.4 is 11.1 Å². The van der Waals surface area contributed by atoms with Crippen LogP contribution >= 0.6 is 0 Å². The molecule has 0 aromatic carbocycles. The summed E-state index contributed by atoms with van der Waals surface area (Å²) in [6, 6.07) is 0.858. The van der Waals surface area contributed by atoms with E-state index in [0.717, 1.165) is 25.6 Å². The predicted octanol–water partition coefficient (Wildman–Crippen LogP) is 2.88. The average Bonchev–Trinajstić information content (AvgIpc) is 2.47. The Morgan fingerprint density at radius 1 is 0.783 bits per heavy atom. The minimum atomic E-state index is -2.62. The molecule has 0 atom stereocenters. The van der Waals surface area contributed by atoms with Crippen molar-refractivity contribution in [2.24, 2.45) is 23.5 Å². The molecule has 0 spiro atoms. The van der Waals surface area contributed by atoms with Crippen molar-refractivity contribution in [3.63, 3.8) is 0 Å². The van der Waals surface area contributed by atoms with Gasteiger partial charge in [-0.3, -0.25) is 0 Å². The maximum atomic E-state index is 6.24. The minimum absolute atomic E-state index is 0.475. The summed E-state index contributed by atoms with van der Waals surface area (Å²) in [6.45, 7) is 17.5. The van der Waals surface area contributed by atoms with Crippen LogP contribution in [0, 0.1) is 17.8 Å². The lowest BCUT2D eigenvalue weighted by atomic mass is 10.2. The Bertz CT molecular complexity index is 245. The van der Waals surface area contributed by atoms with Gasteiger partial charge in [0, 0.05) is 39.0 Å². The van der Waals surface area contributed by atoms with Gasteiger partial charge in [0.2, 0.25) is 0 Å². The van der Waals surface area contributed by atoms with E-state index in [2.05, 4.69) is 46.9 Å². The van der Waals surface area contributed by atoms with E-state index in [1.807, 2.05) is 0 Å². The van der Waals surface area contributed by atoms with Gasteiger partial charge in [-0.25, -0.2) is 0 Å². The molecule has 0 fully saturated rings. The smallest absolute Gasteiger partial charge is 0.373 e. The van der Waals surface area contributed by atoms with Crippen molar-refractivity contribution in [3.8, 4) is 0 Å². The van der Waals surface area contributed by atoms with Gasteiger partial charge in [0.15, 0.2) is 0 Å². The summed E-state index contributed by atoms with van der Waals surface area (Å²) in [4.78, 5) is 0. The topological polar surface area (TPSA) is 65.7 Å². The molecule has 0 aliphatic heterocycles. The van der Waals surface area contributed by atoms with Crippen LogP contribution in [0.4, 0.5) is 0 Å². The Hall–Kier alpha value is 0.0169. The van der Waals surface area contributed by atoms with Gasteiger partial charge in [0.25, 0.3) is 0 Å². The molecule has 0 bridgehead atoms. The van der Waals surface area contributed by atoms with Crippen LogP contribution in [0.25, 0.3) is 0 Å². The van der Waals surface area contributed by atoms with E-state index in [1.54, 1.807) is 0 Å². The first kappa shape index (κ1) is 23.0. The maximum absolute atomic E-state index is 6.24. The van der Waals surface area contributed by atoms with Crippen molar-refractivity contribution >= 4 is 8.80 Å². The molecule has 140 valence electrons.